The Kier molecular flexibility index (Phi) is 5.77. The highest BCUT2D eigenvalue weighted by atomic mass is 79.9. The molecule has 19 heavy (non-hydrogen) atoms. The smallest absolute Gasteiger partial charge is 0.0868 e. The SMILES string of the molecule is C#C/C=C\C[C@@H](Cl)[C@H]1C[C@H]2O[C@H]2C[C@H]([C@H](Br)CC)O1. The van der Waals surface area contributed by atoms with Crippen LogP contribution in [0.2, 0.25) is 0 Å². The first-order valence-corrected chi connectivity index (χ1v) is 8.21. The van der Waals surface area contributed by atoms with Crippen LogP contribution in [-0.2, 0) is 9.47 Å². The predicted molar refractivity (Wildman–Crippen MR) is 81.8 cm³/mol. The van der Waals surface area contributed by atoms with Gasteiger partial charge in [0, 0.05) is 17.7 Å². The van der Waals surface area contributed by atoms with E-state index in [4.69, 9.17) is 27.5 Å². The van der Waals surface area contributed by atoms with E-state index >= 15 is 0 Å². The number of rotatable bonds is 5. The second-order valence-electron chi connectivity index (χ2n) is 5.14. The fourth-order valence-electron chi connectivity index (χ4n) is 2.53. The minimum atomic E-state index is -0.0494. The van der Waals surface area contributed by atoms with E-state index in [1.54, 1.807) is 6.08 Å². The van der Waals surface area contributed by atoms with E-state index in [9.17, 15) is 0 Å². The number of fused-ring (bicyclic) bond motifs is 1. The van der Waals surface area contributed by atoms with E-state index in [-0.39, 0.29) is 17.6 Å². The molecule has 2 nitrogen and oxygen atoms in total. The molecule has 106 valence electrons. The lowest BCUT2D eigenvalue weighted by atomic mass is 10.1. The zero-order valence-electron chi connectivity index (χ0n) is 11.1. The maximum absolute atomic E-state index is 6.45. The summed E-state index contributed by atoms with van der Waals surface area (Å²) in [5.74, 6) is 2.48. The average Bonchev–Trinajstić information content (AvgIpc) is 3.14. The van der Waals surface area contributed by atoms with Crippen molar-refractivity contribution >= 4 is 27.5 Å². The largest absolute Gasteiger partial charge is 0.372 e. The number of alkyl halides is 2. The van der Waals surface area contributed by atoms with Gasteiger partial charge in [0.2, 0.25) is 0 Å². The summed E-state index contributed by atoms with van der Waals surface area (Å²) in [4.78, 5) is 0.364. The van der Waals surface area contributed by atoms with Gasteiger partial charge < -0.3 is 9.47 Å². The van der Waals surface area contributed by atoms with Gasteiger partial charge in [0.05, 0.1) is 29.8 Å². The summed E-state index contributed by atoms with van der Waals surface area (Å²) in [5, 5.41) is -0.0494. The van der Waals surface area contributed by atoms with Gasteiger partial charge in [-0.2, -0.15) is 0 Å². The molecule has 0 N–H and O–H groups in total. The number of epoxide rings is 1. The van der Waals surface area contributed by atoms with Gasteiger partial charge in [0.1, 0.15) is 0 Å². The summed E-state index contributed by atoms with van der Waals surface area (Å²) in [7, 11) is 0. The molecule has 4 heteroatoms. The van der Waals surface area contributed by atoms with Crippen LogP contribution < -0.4 is 0 Å². The maximum Gasteiger partial charge on any atom is 0.0868 e. The first kappa shape index (κ1) is 15.4. The Morgan fingerprint density at radius 2 is 2.05 bits per heavy atom. The van der Waals surface area contributed by atoms with Gasteiger partial charge in [-0.15, -0.1) is 18.0 Å². The number of terminal acetylenes is 1. The molecule has 0 amide bonds. The molecule has 2 heterocycles. The van der Waals surface area contributed by atoms with Crippen LogP contribution in [0.1, 0.15) is 32.6 Å². The van der Waals surface area contributed by atoms with E-state index in [0.717, 1.165) is 25.7 Å². The molecule has 2 rings (SSSR count). The molecule has 0 aromatic heterocycles. The van der Waals surface area contributed by atoms with E-state index in [2.05, 4.69) is 28.8 Å². The maximum atomic E-state index is 6.45. The second kappa shape index (κ2) is 7.13. The van der Waals surface area contributed by atoms with Crippen molar-refractivity contribution in [1.82, 2.24) is 0 Å². The molecule has 0 aliphatic carbocycles. The summed E-state index contributed by atoms with van der Waals surface area (Å²) in [6, 6.07) is 0. The molecule has 0 radical (unpaired) electrons. The Morgan fingerprint density at radius 3 is 2.68 bits per heavy atom. The standard InChI is InChI=1S/C15H20BrClO2/c1-3-5-6-7-11(17)13-9-15-14(19-15)8-12(18-13)10(16)4-2/h1,5-6,10-15H,4,7-9H2,2H3/b6-5-/t10-,11-,12-,13-,14+,15-/m1/s1. The molecule has 2 saturated heterocycles. The number of hydrogen-bond donors (Lipinski definition) is 0. The Labute approximate surface area is 129 Å². The molecule has 0 aromatic rings. The van der Waals surface area contributed by atoms with Gasteiger partial charge in [-0.3, -0.25) is 0 Å². The highest BCUT2D eigenvalue weighted by Crippen LogP contribution is 2.39. The van der Waals surface area contributed by atoms with Crippen molar-refractivity contribution < 1.29 is 9.47 Å². The fraction of sp³-hybridized carbons (Fsp3) is 0.733. The van der Waals surface area contributed by atoms with Crippen LogP contribution in [0.4, 0.5) is 0 Å². The van der Waals surface area contributed by atoms with Gasteiger partial charge >= 0.3 is 0 Å². The van der Waals surface area contributed by atoms with E-state index in [1.807, 2.05) is 6.08 Å². The Bertz CT molecular complexity index is 366. The second-order valence-corrected chi connectivity index (χ2v) is 6.88. The Hall–Kier alpha value is -0.0100. The van der Waals surface area contributed by atoms with Crippen molar-refractivity contribution in [2.45, 2.75) is 67.2 Å². The van der Waals surface area contributed by atoms with Crippen LogP contribution in [0, 0.1) is 12.3 Å². The Morgan fingerprint density at radius 1 is 1.37 bits per heavy atom. The highest BCUT2D eigenvalue weighted by molar-refractivity contribution is 9.09. The van der Waals surface area contributed by atoms with Crippen molar-refractivity contribution in [3.8, 4) is 12.3 Å². The lowest BCUT2D eigenvalue weighted by molar-refractivity contribution is -0.0255. The number of allylic oxidation sites excluding steroid dienone is 2. The number of ether oxygens (including phenoxy) is 2. The minimum absolute atomic E-state index is 0.0400. The molecule has 6 atom stereocenters. The molecule has 0 spiro atoms. The molecular formula is C15H20BrClO2. The molecule has 0 unspecified atom stereocenters. The van der Waals surface area contributed by atoms with Crippen LogP contribution in [0.15, 0.2) is 12.2 Å². The summed E-state index contributed by atoms with van der Waals surface area (Å²) >= 11 is 10.1. The van der Waals surface area contributed by atoms with Gasteiger partial charge in [-0.1, -0.05) is 34.9 Å². The van der Waals surface area contributed by atoms with Crippen LogP contribution in [0.3, 0.4) is 0 Å². The van der Waals surface area contributed by atoms with E-state index in [1.165, 1.54) is 0 Å². The predicted octanol–water partition coefficient (Wildman–Crippen LogP) is 3.66. The molecule has 2 aliphatic heterocycles. The van der Waals surface area contributed by atoms with Gasteiger partial charge in [-0.05, 0) is 18.9 Å². The monoisotopic (exact) mass is 346 g/mol. The number of halogens is 2. The van der Waals surface area contributed by atoms with Crippen molar-refractivity contribution in [2.24, 2.45) is 0 Å². The zero-order valence-corrected chi connectivity index (χ0v) is 13.4. The van der Waals surface area contributed by atoms with Crippen LogP contribution in [0.25, 0.3) is 0 Å². The first-order valence-electron chi connectivity index (χ1n) is 6.85. The van der Waals surface area contributed by atoms with Crippen molar-refractivity contribution in [1.29, 1.82) is 0 Å². The topological polar surface area (TPSA) is 21.8 Å². The van der Waals surface area contributed by atoms with E-state index in [0.29, 0.717) is 17.0 Å². The van der Waals surface area contributed by atoms with Crippen LogP contribution in [0.5, 0.6) is 0 Å². The van der Waals surface area contributed by atoms with E-state index < -0.39 is 0 Å². The summed E-state index contributed by atoms with van der Waals surface area (Å²) in [5.41, 5.74) is 0. The minimum Gasteiger partial charge on any atom is -0.372 e. The summed E-state index contributed by atoms with van der Waals surface area (Å²) < 4.78 is 11.9. The first-order chi connectivity index (χ1) is 9.15. The molecule has 2 fully saturated rings. The molecule has 0 saturated carbocycles. The normalized spacial score (nSPS) is 37.2. The third-order valence-electron chi connectivity index (χ3n) is 3.74. The third kappa shape index (κ3) is 4.23. The van der Waals surface area contributed by atoms with Crippen molar-refractivity contribution in [2.75, 3.05) is 0 Å². The van der Waals surface area contributed by atoms with Gasteiger partial charge in [0.25, 0.3) is 0 Å². The molecule has 0 aromatic carbocycles. The van der Waals surface area contributed by atoms with Crippen molar-refractivity contribution in [3.63, 3.8) is 0 Å². The molecule has 0 bridgehead atoms. The average molecular weight is 348 g/mol. The summed E-state index contributed by atoms with van der Waals surface area (Å²) in [6.45, 7) is 2.15. The molecule has 2 aliphatic rings. The lowest BCUT2D eigenvalue weighted by Gasteiger charge is -2.28. The zero-order chi connectivity index (χ0) is 13.8. The summed E-state index contributed by atoms with van der Waals surface area (Å²) in [6.07, 6.45) is 13.4. The quantitative estimate of drug-likeness (QED) is 0.430. The van der Waals surface area contributed by atoms with Gasteiger partial charge in [0.15, 0.2) is 0 Å². The fourth-order valence-corrected chi connectivity index (χ4v) is 3.14. The lowest BCUT2D eigenvalue weighted by Crippen LogP contribution is -2.33. The Balaban J connectivity index is 1.95. The molecular weight excluding hydrogens is 328 g/mol. The van der Waals surface area contributed by atoms with Gasteiger partial charge in [-0.25, -0.2) is 0 Å². The van der Waals surface area contributed by atoms with Crippen LogP contribution in [-0.4, -0.2) is 34.6 Å². The highest BCUT2D eigenvalue weighted by Gasteiger charge is 2.47. The van der Waals surface area contributed by atoms with Crippen LogP contribution >= 0.6 is 27.5 Å². The number of hydrogen-bond acceptors (Lipinski definition) is 2. The van der Waals surface area contributed by atoms with Crippen molar-refractivity contribution in [3.05, 3.63) is 12.2 Å². The third-order valence-corrected chi connectivity index (χ3v) is 5.43.